The number of carboxylic acids is 1. The summed E-state index contributed by atoms with van der Waals surface area (Å²) in [7, 11) is 1.80. The van der Waals surface area contributed by atoms with Crippen LogP contribution < -0.4 is 10.6 Å². The molecule has 0 radical (unpaired) electrons. The Bertz CT molecular complexity index is 544. The molecule has 1 aromatic heterocycles. The predicted molar refractivity (Wildman–Crippen MR) is 74.5 cm³/mol. The first kappa shape index (κ1) is 15.3. The van der Waals surface area contributed by atoms with Crippen molar-refractivity contribution in [3.05, 3.63) is 12.2 Å². The zero-order valence-corrected chi connectivity index (χ0v) is 12.5. The molecule has 0 bridgehead atoms. The predicted octanol–water partition coefficient (Wildman–Crippen LogP) is 0.819. The van der Waals surface area contributed by atoms with Crippen molar-refractivity contribution in [2.45, 2.75) is 45.2 Å². The van der Waals surface area contributed by atoms with Crippen LogP contribution >= 0.6 is 0 Å². The second-order valence-electron chi connectivity index (χ2n) is 5.81. The minimum Gasteiger partial charge on any atom is -0.481 e. The van der Waals surface area contributed by atoms with Gasteiger partial charge in [-0.05, 0) is 26.7 Å². The molecule has 2 amide bonds. The molecule has 1 aliphatic rings. The molecule has 1 heterocycles. The first-order valence-electron chi connectivity index (χ1n) is 6.99. The maximum absolute atomic E-state index is 12.1. The van der Waals surface area contributed by atoms with E-state index in [2.05, 4.69) is 20.8 Å². The van der Waals surface area contributed by atoms with E-state index in [4.69, 9.17) is 0 Å². The van der Waals surface area contributed by atoms with Gasteiger partial charge in [0.2, 0.25) is 0 Å². The molecule has 2 rings (SSSR count). The highest BCUT2D eigenvalue weighted by atomic mass is 16.4. The minimum atomic E-state index is -0.897. The van der Waals surface area contributed by atoms with E-state index < -0.39 is 11.4 Å². The standard InChI is InChI=1S/C13H21N5O3/c1-8(10-17-14-7-18(10)3)15-12(21)16-9-5-4-6-13(9,2)11(19)20/h7-9H,4-6H2,1-3H3,(H,19,20)(H2,15,16,21). The van der Waals surface area contributed by atoms with Gasteiger partial charge in [-0.1, -0.05) is 6.42 Å². The molecule has 8 heteroatoms. The number of aromatic nitrogens is 3. The van der Waals surface area contributed by atoms with Gasteiger partial charge in [0.1, 0.15) is 6.33 Å². The summed E-state index contributed by atoms with van der Waals surface area (Å²) < 4.78 is 1.72. The fourth-order valence-corrected chi connectivity index (χ4v) is 2.80. The number of nitrogens with one attached hydrogen (secondary N) is 2. The molecule has 21 heavy (non-hydrogen) atoms. The SMILES string of the molecule is CC(NC(=O)NC1CCCC1(C)C(=O)O)c1nncn1C. The van der Waals surface area contributed by atoms with E-state index in [1.165, 1.54) is 0 Å². The third-order valence-electron chi connectivity index (χ3n) is 4.23. The van der Waals surface area contributed by atoms with E-state index in [1.54, 1.807) is 31.8 Å². The molecule has 1 aromatic rings. The van der Waals surface area contributed by atoms with E-state index in [-0.39, 0.29) is 18.1 Å². The Kier molecular flexibility index (Phi) is 4.15. The van der Waals surface area contributed by atoms with Crippen LogP contribution in [-0.2, 0) is 11.8 Å². The van der Waals surface area contributed by atoms with Gasteiger partial charge in [0.05, 0.1) is 11.5 Å². The van der Waals surface area contributed by atoms with Crippen molar-refractivity contribution in [2.24, 2.45) is 12.5 Å². The Hall–Kier alpha value is -2.12. The number of carbonyl (C=O) groups is 2. The summed E-state index contributed by atoms with van der Waals surface area (Å²) in [6.07, 6.45) is 3.61. The Balaban J connectivity index is 1.96. The highest BCUT2D eigenvalue weighted by Crippen LogP contribution is 2.38. The van der Waals surface area contributed by atoms with Gasteiger partial charge in [-0.15, -0.1) is 10.2 Å². The lowest BCUT2D eigenvalue weighted by molar-refractivity contribution is -0.148. The monoisotopic (exact) mass is 295 g/mol. The molecule has 116 valence electrons. The van der Waals surface area contributed by atoms with Crippen LogP contribution in [0.4, 0.5) is 4.79 Å². The van der Waals surface area contributed by atoms with E-state index >= 15 is 0 Å². The van der Waals surface area contributed by atoms with Crippen molar-refractivity contribution in [1.29, 1.82) is 0 Å². The normalized spacial score (nSPS) is 26.3. The molecule has 1 aliphatic carbocycles. The number of urea groups is 1. The number of nitrogens with zero attached hydrogens (tertiary/aromatic N) is 3. The largest absolute Gasteiger partial charge is 0.481 e. The molecule has 0 spiro atoms. The number of hydrogen-bond acceptors (Lipinski definition) is 4. The molecule has 1 fully saturated rings. The van der Waals surface area contributed by atoms with Crippen LogP contribution in [0.15, 0.2) is 6.33 Å². The average molecular weight is 295 g/mol. The molecular weight excluding hydrogens is 274 g/mol. The Labute approximate surface area is 122 Å². The highest BCUT2D eigenvalue weighted by molar-refractivity contribution is 5.79. The molecule has 1 saturated carbocycles. The first-order chi connectivity index (χ1) is 9.84. The molecule has 0 aromatic carbocycles. The van der Waals surface area contributed by atoms with Crippen molar-refractivity contribution < 1.29 is 14.7 Å². The van der Waals surface area contributed by atoms with Crippen molar-refractivity contribution in [3.8, 4) is 0 Å². The summed E-state index contributed by atoms with van der Waals surface area (Å²) in [5, 5.41) is 22.6. The minimum absolute atomic E-state index is 0.310. The summed E-state index contributed by atoms with van der Waals surface area (Å²) in [6.45, 7) is 3.48. The molecule has 0 saturated heterocycles. The smallest absolute Gasteiger partial charge is 0.315 e. The lowest BCUT2D eigenvalue weighted by Crippen LogP contribution is -2.50. The average Bonchev–Trinajstić information content (AvgIpc) is 2.97. The Morgan fingerprint density at radius 2 is 2.29 bits per heavy atom. The maximum Gasteiger partial charge on any atom is 0.315 e. The summed E-state index contributed by atoms with van der Waals surface area (Å²) in [5.74, 6) is -0.232. The van der Waals surface area contributed by atoms with Crippen LogP contribution in [0.2, 0.25) is 0 Å². The second kappa shape index (κ2) is 5.71. The molecule has 3 atom stereocenters. The van der Waals surface area contributed by atoms with Crippen LogP contribution in [0.5, 0.6) is 0 Å². The fourth-order valence-electron chi connectivity index (χ4n) is 2.80. The Morgan fingerprint density at radius 1 is 1.57 bits per heavy atom. The third-order valence-corrected chi connectivity index (χ3v) is 4.23. The zero-order valence-electron chi connectivity index (χ0n) is 12.5. The summed E-state index contributed by atoms with van der Waals surface area (Å²) in [4.78, 5) is 23.4. The van der Waals surface area contributed by atoms with Gasteiger partial charge in [-0.3, -0.25) is 4.79 Å². The van der Waals surface area contributed by atoms with Crippen LogP contribution in [-0.4, -0.2) is 37.9 Å². The molecule has 3 unspecified atom stereocenters. The van der Waals surface area contributed by atoms with E-state index in [9.17, 15) is 14.7 Å². The summed E-state index contributed by atoms with van der Waals surface area (Å²) in [5.41, 5.74) is -0.897. The van der Waals surface area contributed by atoms with Crippen molar-refractivity contribution in [2.75, 3.05) is 0 Å². The zero-order chi connectivity index (χ0) is 15.6. The number of carbonyl (C=O) groups excluding carboxylic acids is 1. The van der Waals surface area contributed by atoms with Gasteiger partial charge in [0.25, 0.3) is 0 Å². The number of rotatable bonds is 4. The number of aliphatic carboxylic acids is 1. The van der Waals surface area contributed by atoms with Gasteiger partial charge >= 0.3 is 12.0 Å². The summed E-state index contributed by atoms with van der Waals surface area (Å²) >= 11 is 0. The van der Waals surface area contributed by atoms with Crippen molar-refractivity contribution in [1.82, 2.24) is 25.4 Å². The number of hydrogen-bond donors (Lipinski definition) is 3. The van der Waals surface area contributed by atoms with E-state index in [0.29, 0.717) is 18.7 Å². The van der Waals surface area contributed by atoms with Crippen molar-refractivity contribution in [3.63, 3.8) is 0 Å². The van der Waals surface area contributed by atoms with Gasteiger partial charge in [0.15, 0.2) is 5.82 Å². The summed E-state index contributed by atoms with van der Waals surface area (Å²) in [6, 6.07) is -1.05. The molecule has 8 nitrogen and oxygen atoms in total. The van der Waals surface area contributed by atoms with E-state index in [0.717, 1.165) is 6.42 Å². The highest BCUT2D eigenvalue weighted by Gasteiger charge is 2.46. The lowest BCUT2D eigenvalue weighted by atomic mass is 9.85. The number of carboxylic acid groups (broad SMARTS) is 1. The molecule has 3 N–H and O–H groups in total. The number of amides is 2. The quantitative estimate of drug-likeness (QED) is 0.762. The lowest BCUT2D eigenvalue weighted by Gasteiger charge is -2.28. The second-order valence-corrected chi connectivity index (χ2v) is 5.81. The van der Waals surface area contributed by atoms with Crippen LogP contribution in [0.1, 0.15) is 45.0 Å². The molecular formula is C13H21N5O3. The first-order valence-corrected chi connectivity index (χ1v) is 6.99. The third kappa shape index (κ3) is 2.98. The van der Waals surface area contributed by atoms with Crippen LogP contribution in [0.3, 0.4) is 0 Å². The number of aryl methyl sites for hydroxylation is 1. The van der Waals surface area contributed by atoms with Gasteiger partial charge < -0.3 is 20.3 Å². The fraction of sp³-hybridized carbons (Fsp3) is 0.692. The van der Waals surface area contributed by atoms with Gasteiger partial charge in [-0.2, -0.15) is 0 Å². The topological polar surface area (TPSA) is 109 Å². The maximum atomic E-state index is 12.1. The molecule has 0 aliphatic heterocycles. The van der Waals surface area contributed by atoms with Crippen molar-refractivity contribution >= 4 is 12.0 Å². The van der Waals surface area contributed by atoms with Gasteiger partial charge in [0, 0.05) is 13.1 Å². The van der Waals surface area contributed by atoms with E-state index in [1.807, 2.05) is 0 Å². The van der Waals surface area contributed by atoms with Gasteiger partial charge in [-0.25, -0.2) is 4.79 Å². The Morgan fingerprint density at radius 3 is 2.86 bits per heavy atom. The van der Waals surface area contributed by atoms with Crippen LogP contribution in [0, 0.1) is 5.41 Å². The van der Waals surface area contributed by atoms with Crippen LogP contribution in [0.25, 0.3) is 0 Å².